The molecule has 0 radical (unpaired) electrons. The first kappa shape index (κ1) is 29.7. The molecule has 0 amide bonds. The molecule has 2 aliphatic carbocycles. The molecule has 0 atom stereocenters. The number of rotatable bonds is 2. The van der Waals surface area contributed by atoms with E-state index in [9.17, 15) is 0 Å². The van der Waals surface area contributed by atoms with Crippen molar-refractivity contribution in [1.82, 2.24) is 0 Å². The van der Waals surface area contributed by atoms with Gasteiger partial charge in [-0.15, -0.1) is 0 Å². The van der Waals surface area contributed by atoms with Crippen LogP contribution in [0, 0.1) is 0 Å². The summed E-state index contributed by atoms with van der Waals surface area (Å²) in [5, 5.41) is 10.4. The molecule has 0 aromatic heterocycles. The van der Waals surface area contributed by atoms with Crippen LogP contribution in [0.25, 0.3) is 87.6 Å². The van der Waals surface area contributed by atoms with Gasteiger partial charge in [0.25, 0.3) is 0 Å². The number of hydrogen-bond acceptors (Lipinski definition) is 0. The second-order valence-corrected chi connectivity index (χ2v) is 16.0. The Kier molecular flexibility index (Phi) is 5.89. The van der Waals surface area contributed by atoms with Gasteiger partial charge in [-0.3, -0.25) is 0 Å². The zero-order chi connectivity index (χ0) is 34.9. The molecule has 0 aliphatic heterocycles. The van der Waals surface area contributed by atoms with Crippen LogP contribution < -0.4 is 0 Å². The molecule has 0 heteroatoms. The molecule has 0 bridgehead atoms. The Balaban J connectivity index is 1.24. The summed E-state index contributed by atoms with van der Waals surface area (Å²) in [5.74, 6) is 0. The van der Waals surface area contributed by atoms with Gasteiger partial charge in [0, 0.05) is 10.8 Å². The van der Waals surface area contributed by atoms with Crippen LogP contribution in [0.3, 0.4) is 0 Å². The van der Waals surface area contributed by atoms with Gasteiger partial charge in [-0.2, -0.15) is 0 Å². The van der Waals surface area contributed by atoms with E-state index in [0.717, 1.165) is 0 Å². The zero-order valence-electron chi connectivity index (χ0n) is 30.0. The number of benzene rings is 9. The highest BCUT2D eigenvalue weighted by molar-refractivity contribution is 6.26. The van der Waals surface area contributed by atoms with E-state index in [2.05, 4.69) is 185 Å². The molecule has 9 aromatic rings. The summed E-state index contributed by atoms with van der Waals surface area (Å²) in [4.78, 5) is 0. The molecule has 0 spiro atoms. The smallest absolute Gasteiger partial charge is 0.0159 e. The first-order valence-electron chi connectivity index (χ1n) is 18.6. The third-order valence-electron chi connectivity index (χ3n) is 12.6. The third kappa shape index (κ3) is 3.77. The summed E-state index contributed by atoms with van der Waals surface area (Å²) in [6.07, 6.45) is 0. The largest absolute Gasteiger partial charge is 0.0619 e. The molecule has 0 heterocycles. The van der Waals surface area contributed by atoms with E-state index in [4.69, 9.17) is 0 Å². The van der Waals surface area contributed by atoms with E-state index in [1.807, 2.05) is 0 Å². The maximum atomic E-state index is 2.56. The van der Waals surface area contributed by atoms with Gasteiger partial charge in [0.05, 0.1) is 0 Å². The van der Waals surface area contributed by atoms with Gasteiger partial charge >= 0.3 is 0 Å². The van der Waals surface area contributed by atoms with Gasteiger partial charge < -0.3 is 0 Å². The van der Waals surface area contributed by atoms with Crippen molar-refractivity contribution in [2.24, 2.45) is 0 Å². The Morgan fingerprint density at radius 1 is 0.269 bits per heavy atom. The van der Waals surface area contributed by atoms with Crippen LogP contribution >= 0.6 is 0 Å². The van der Waals surface area contributed by atoms with Gasteiger partial charge in [-0.25, -0.2) is 0 Å². The Labute approximate surface area is 305 Å². The zero-order valence-corrected chi connectivity index (χ0v) is 30.0. The summed E-state index contributed by atoms with van der Waals surface area (Å²) in [6, 6.07) is 59.5. The van der Waals surface area contributed by atoms with Crippen molar-refractivity contribution in [2.75, 3.05) is 0 Å². The lowest BCUT2D eigenvalue weighted by Gasteiger charge is -2.25. The van der Waals surface area contributed by atoms with Crippen molar-refractivity contribution in [3.8, 4) is 44.5 Å². The van der Waals surface area contributed by atoms with E-state index in [-0.39, 0.29) is 10.8 Å². The summed E-state index contributed by atoms with van der Waals surface area (Å²) in [5.41, 5.74) is 16.3. The molecular weight excluding hydrogens is 625 g/mol. The topological polar surface area (TPSA) is 0 Å². The van der Waals surface area contributed by atoms with Crippen LogP contribution in [-0.4, -0.2) is 0 Å². The lowest BCUT2D eigenvalue weighted by atomic mass is 9.78. The average Bonchev–Trinajstić information content (AvgIpc) is 3.54. The number of hydrogen-bond donors (Lipinski definition) is 0. The molecule has 11 rings (SSSR count). The van der Waals surface area contributed by atoms with Crippen molar-refractivity contribution < 1.29 is 0 Å². The molecule has 246 valence electrons. The maximum Gasteiger partial charge on any atom is 0.0159 e. The van der Waals surface area contributed by atoms with Gasteiger partial charge in [-0.1, -0.05) is 167 Å². The highest BCUT2D eigenvalue weighted by Crippen LogP contribution is 2.59. The Morgan fingerprint density at radius 2 is 0.692 bits per heavy atom. The molecule has 0 fully saturated rings. The first-order valence-corrected chi connectivity index (χ1v) is 18.6. The van der Waals surface area contributed by atoms with E-state index >= 15 is 0 Å². The summed E-state index contributed by atoms with van der Waals surface area (Å²) >= 11 is 0. The molecule has 2 aliphatic rings. The van der Waals surface area contributed by atoms with Crippen LogP contribution in [0.5, 0.6) is 0 Å². The van der Waals surface area contributed by atoms with Gasteiger partial charge in [-0.05, 0) is 128 Å². The van der Waals surface area contributed by atoms with Crippen LogP contribution in [0.2, 0.25) is 0 Å². The van der Waals surface area contributed by atoms with Gasteiger partial charge in [0.15, 0.2) is 0 Å². The molecule has 9 aromatic carbocycles. The summed E-state index contributed by atoms with van der Waals surface area (Å²) in [6.45, 7) is 9.66. The normalized spacial score (nSPS) is 14.8. The first-order chi connectivity index (χ1) is 25.3. The van der Waals surface area contributed by atoms with Crippen LogP contribution in [0.4, 0.5) is 0 Å². The standard InChI is InChI=1S/C52H38/c1-51(2)44-27-14-13-20-34(44)41-28-46-43(30-45(41)51)50-36-21-8-7-19-33(36)42(29-47(50)52(46,3)4)49-39-24-11-9-22-37(39)48(38-23-10-12-25-40(38)49)35-26-15-17-31-16-5-6-18-32(31)35/h5-30H,1-4H3. The molecule has 52 heavy (non-hydrogen) atoms. The van der Waals surface area contributed by atoms with Gasteiger partial charge in [0.1, 0.15) is 0 Å². The Bertz CT molecular complexity index is 2940. The maximum absolute atomic E-state index is 2.56. The lowest BCUT2D eigenvalue weighted by Crippen LogP contribution is -2.17. The van der Waals surface area contributed by atoms with E-state index < -0.39 is 0 Å². The monoisotopic (exact) mass is 662 g/mol. The van der Waals surface area contributed by atoms with Crippen molar-refractivity contribution >= 4 is 43.1 Å². The molecule has 0 unspecified atom stereocenters. The Hall–Kier alpha value is -5.98. The van der Waals surface area contributed by atoms with Crippen molar-refractivity contribution in [1.29, 1.82) is 0 Å². The fourth-order valence-corrected chi connectivity index (χ4v) is 10.1. The minimum absolute atomic E-state index is 0.0484. The van der Waals surface area contributed by atoms with Crippen molar-refractivity contribution in [3.63, 3.8) is 0 Å². The van der Waals surface area contributed by atoms with Crippen molar-refractivity contribution in [3.05, 3.63) is 180 Å². The second-order valence-electron chi connectivity index (χ2n) is 16.0. The van der Waals surface area contributed by atoms with Crippen LogP contribution in [-0.2, 0) is 10.8 Å². The Morgan fingerprint density at radius 3 is 1.37 bits per heavy atom. The van der Waals surface area contributed by atoms with E-state index in [1.54, 1.807) is 0 Å². The minimum atomic E-state index is -0.172. The minimum Gasteiger partial charge on any atom is -0.0619 e. The fraction of sp³-hybridized carbons (Fsp3) is 0.115. The molecule has 0 saturated carbocycles. The average molecular weight is 663 g/mol. The lowest BCUT2D eigenvalue weighted by molar-refractivity contribution is 0.652. The fourth-order valence-electron chi connectivity index (χ4n) is 10.1. The quantitative estimate of drug-likeness (QED) is 0.162. The SMILES string of the molecule is CC1(C)c2ccccc2-c2cc3c(cc21)-c1c(cc(-c2c4ccccc4c(-c4cccc5ccccc45)c4ccccc24)c2ccccc12)C3(C)C. The predicted molar refractivity (Wildman–Crippen MR) is 222 cm³/mol. The van der Waals surface area contributed by atoms with E-state index in [1.165, 1.54) is 110 Å². The van der Waals surface area contributed by atoms with Gasteiger partial charge in [0.2, 0.25) is 0 Å². The molecule has 0 N–H and O–H groups in total. The number of fused-ring (bicyclic) bond motifs is 11. The van der Waals surface area contributed by atoms with Crippen LogP contribution in [0.15, 0.2) is 158 Å². The highest BCUT2D eigenvalue weighted by Gasteiger charge is 2.42. The summed E-state index contributed by atoms with van der Waals surface area (Å²) in [7, 11) is 0. The second kappa shape index (κ2) is 10.3. The van der Waals surface area contributed by atoms with Crippen molar-refractivity contribution in [2.45, 2.75) is 38.5 Å². The predicted octanol–water partition coefficient (Wildman–Crippen LogP) is 14.2. The van der Waals surface area contributed by atoms with E-state index in [0.29, 0.717) is 0 Å². The van der Waals surface area contributed by atoms with Crippen LogP contribution in [0.1, 0.15) is 49.9 Å². The third-order valence-corrected chi connectivity index (χ3v) is 12.6. The molecular formula is C52H38. The highest BCUT2D eigenvalue weighted by atomic mass is 14.5. The molecule has 0 saturated heterocycles. The molecule has 0 nitrogen and oxygen atoms in total. The summed E-state index contributed by atoms with van der Waals surface area (Å²) < 4.78 is 0.